The van der Waals surface area contributed by atoms with E-state index < -0.39 is 18.0 Å². The van der Waals surface area contributed by atoms with Gasteiger partial charge in [0.15, 0.2) is 0 Å². The van der Waals surface area contributed by atoms with Crippen molar-refractivity contribution in [1.29, 1.82) is 0 Å². The number of halogens is 1. The summed E-state index contributed by atoms with van der Waals surface area (Å²) in [6.45, 7) is 4.84. The zero-order valence-electron chi connectivity index (χ0n) is 20.3. The molecule has 2 saturated heterocycles. The van der Waals surface area contributed by atoms with Crippen LogP contribution in [0.5, 0.6) is 5.75 Å². The number of rotatable bonds is 8. The highest BCUT2D eigenvalue weighted by Crippen LogP contribution is 2.28. The molecule has 2 aliphatic heterocycles. The molecule has 0 spiro atoms. The fourth-order valence-corrected chi connectivity index (χ4v) is 4.34. The maximum Gasteiger partial charge on any atom is 0.414 e. The van der Waals surface area contributed by atoms with Crippen molar-refractivity contribution >= 4 is 29.1 Å². The summed E-state index contributed by atoms with van der Waals surface area (Å²) in [5, 5.41) is 15.6. The van der Waals surface area contributed by atoms with Crippen molar-refractivity contribution in [1.82, 2.24) is 10.2 Å². The van der Waals surface area contributed by atoms with Crippen molar-refractivity contribution in [3.63, 3.8) is 0 Å². The molecule has 2 heterocycles. The number of anilines is 2. The molecular formula is C25H30FN5O5. The van der Waals surface area contributed by atoms with Crippen LogP contribution < -0.4 is 19.9 Å². The van der Waals surface area contributed by atoms with Crippen LogP contribution >= 0.6 is 0 Å². The van der Waals surface area contributed by atoms with Gasteiger partial charge in [0, 0.05) is 45.2 Å². The summed E-state index contributed by atoms with van der Waals surface area (Å²) >= 11 is 0. The number of hydrogen-bond acceptors (Lipinski definition) is 8. The molecule has 2 fully saturated rings. The summed E-state index contributed by atoms with van der Waals surface area (Å²) in [7, 11) is 1.60. The van der Waals surface area contributed by atoms with Crippen LogP contribution in [0.25, 0.3) is 0 Å². The molecule has 0 saturated carbocycles. The van der Waals surface area contributed by atoms with Gasteiger partial charge in [-0.3, -0.25) is 14.6 Å². The second-order valence-corrected chi connectivity index (χ2v) is 8.73. The van der Waals surface area contributed by atoms with Crippen LogP contribution in [0.3, 0.4) is 0 Å². The Bertz CT molecular complexity index is 1120. The Morgan fingerprint density at radius 3 is 2.53 bits per heavy atom. The predicted octanol–water partition coefficient (Wildman–Crippen LogP) is 2.30. The second-order valence-electron chi connectivity index (χ2n) is 8.73. The summed E-state index contributed by atoms with van der Waals surface area (Å²) in [6.07, 6.45) is -1.05. The third-order valence-electron chi connectivity index (χ3n) is 6.33. The van der Waals surface area contributed by atoms with Crippen molar-refractivity contribution in [2.24, 2.45) is 5.16 Å². The first-order valence-electron chi connectivity index (χ1n) is 11.7. The highest BCUT2D eigenvalue weighted by Gasteiger charge is 2.33. The van der Waals surface area contributed by atoms with Crippen LogP contribution in [-0.4, -0.2) is 86.8 Å². The molecule has 36 heavy (non-hydrogen) atoms. The Morgan fingerprint density at radius 2 is 1.92 bits per heavy atom. The standard InChI is InChI=1S/C25H30FN5O5/c1-17(32)27-14-21-15-31(25(33)36-21)19-5-8-24(22(26)13-19)30-11-9-29(10-12-30)16-23(28-34)18-3-6-20(35-2)7-4-18/h3-8,13,21,34H,9-12,14-16H2,1-2H3,(H,27,32)/b28-23+/t21-/m0/s1. The molecular weight excluding hydrogens is 469 g/mol. The van der Waals surface area contributed by atoms with Crippen molar-refractivity contribution in [2.45, 2.75) is 13.0 Å². The fraction of sp³-hybridized carbons (Fsp3) is 0.400. The molecule has 0 bridgehead atoms. The summed E-state index contributed by atoms with van der Waals surface area (Å²) < 4.78 is 25.5. The lowest BCUT2D eigenvalue weighted by molar-refractivity contribution is -0.119. The van der Waals surface area contributed by atoms with Crippen LogP contribution in [0.2, 0.25) is 0 Å². The molecule has 2 aliphatic rings. The van der Waals surface area contributed by atoms with E-state index in [0.29, 0.717) is 49.8 Å². The minimum atomic E-state index is -0.565. The summed E-state index contributed by atoms with van der Waals surface area (Å²) in [6, 6.07) is 12.0. The highest BCUT2D eigenvalue weighted by molar-refractivity contribution is 6.01. The molecule has 192 valence electrons. The Morgan fingerprint density at radius 1 is 1.19 bits per heavy atom. The number of benzene rings is 2. The van der Waals surface area contributed by atoms with Crippen LogP contribution in [0.15, 0.2) is 47.6 Å². The van der Waals surface area contributed by atoms with Gasteiger partial charge in [-0.05, 0) is 42.5 Å². The minimum Gasteiger partial charge on any atom is -0.497 e. The SMILES string of the molecule is COc1ccc(/C(CN2CCN(c3ccc(N4C[C@H](CNC(C)=O)OC4=O)cc3F)CC2)=N/O)cc1. The number of methoxy groups -OCH3 is 1. The molecule has 0 unspecified atom stereocenters. The molecule has 2 aromatic carbocycles. The van der Waals surface area contributed by atoms with Gasteiger partial charge in [-0.15, -0.1) is 0 Å². The molecule has 2 amide bonds. The van der Waals surface area contributed by atoms with Crippen molar-refractivity contribution in [2.75, 3.05) is 62.7 Å². The van der Waals surface area contributed by atoms with Crippen LogP contribution in [-0.2, 0) is 9.53 Å². The number of piperazine rings is 1. The first-order valence-corrected chi connectivity index (χ1v) is 11.7. The first-order chi connectivity index (χ1) is 17.4. The van der Waals surface area contributed by atoms with E-state index in [1.807, 2.05) is 29.2 Å². The Balaban J connectivity index is 1.33. The largest absolute Gasteiger partial charge is 0.497 e. The number of hydrogen-bond donors (Lipinski definition) is 2. The lowest BCUT2D eigenvalue weighted by atomic mass is 10.1. The molecule has 0 aliphatic carbocycles. The minimum absolute atomic E-state index is 0.208. The number of carbonyl (C=O) groups is 2. The van der Waals surface area contributed by atoms with Crippen molar-refractivity contribution < 1.29 is 28.7 Å². The monoisotopic (exact) mass is 499 g/mol. The number of cyclic esters (lactones) is 1. The average Bonchev–Trinajstić information content (AvgIpc) is 3.27. The maximum atomic E-state index is 15.1. The number of carbonyl (C=O) groups excluding carboxylic acids is 2. The lowest BCUT2D eigenvalue weighted by Gasteiger charge is -2.36. The van der Waals surface area contributed by atoms with Gasteiger partial charge in [0.1, 0.15) is 23.4 Å². The van der Waals surface area contributed by atoms with E-state index in [2.05, 4.69) is 15.4 Å². The third kappa shape index (κ3) is 5.85. The van der Waals surface area contributed by atoms with E-state index in [1.54, 1.807) is 19.2 Å². The van der Waals surface area contributed by atoms with Gasteiger partial charge in [0.05, 0.1) is 31.6 Å². The molecule has 10 nitrogen and oxygen atoms in total. The van der Waals surface area contributed by atoms with Gasteiger partial charge in [0.25, 0.3) is 0 Å². The second kappa shape index (κ2) is 11.3. The topological polar surface area (TPSA) is 107 Å². The molecule has 4 rings (SSSR count). The van der Waals surface area contributed by atoms with E-state index in [0.717, 1.165) is 11.3 Å². The molecule has 2 N–H and O–H groups in total. The number of nitrogens with one attached hydrogen (secondary N) is 1. The number of ether oxygens (including phenoxy) is 2. The Kier molecular flexibility index (Phi) is 7.89. The summed E-state index contributed by atoms with van der Waals surface area (Å²) in [4.78, 5) is 28.8. The molecule has 0 aromatic heterocycles. The van der Waals surface area contributed by atoms with E-state index >= 15 is 4.39 Å². The quantitative estimate of drug-likeness (QED) is 0.326. The van der Waals surface area contributed by atoms with E-state index in [4.69, 9.17) is 9.47 Å². The Hall–Kier alpha value is -3.86. The molecule has 2 aromatic rings. The first kappa shape index (κ1) is 25.2. The van der Waals surface area contributed by atoms with Gasteiger partial charge in [-0.1, -0.05) is 5.16 Å². The summed E-state index contributed by atoms with van der Waals surface area (Å²) in [5.41, 5.74) is 2.23. The van der Waals surface area contributed by atoms with Crippen molar-refractivity contribution in [3.05, 3.63) is 53.8 Å². The van der Waals surface area contributed by atoms with Gasteiger partial charge < -0.3 is 24.9 Å². The predicted molar refractivity (Wildman–Crippen MR) is 133 cm³/mol. The van der Waals surface area contributed by atoms with Gasteiger partial charge in [-0.25, -0.2) is 9.18 Å². The van der Waals surface area contributed by atoms with Crippen molar-refractivity contribution in [3.8, 4) is 5.75 Å². The maximum absolute atomic E-state index is 15.1. The van der Waals surface area contributed by atoms with Gasteiger partial charge in [0.2, 0.25) is 5.91 Å². The number of nitrogens with zero attached hydrogens (tertiary/aromatic N) is 4. The lowest BCUT2D eigenvalue weighted by Crippen LogP contribution is -2.48. The third-order valence-corrected chi connectivity index (χ3v) is 6.33. The zero-order valence-corrected chi connectivity index (χ0v) is 20.3. The number of oxime groups is 1. The van der Waals surface area contributed by atoms with E-state index in [9.17, 15) is 14.8 Å². The Labute approximate surface area is 208 Å². The van der Waals surface area contributed by atoms with E-state index in [-0.39, 0.29) is 19.0 Å². The van der Waals surface area contributed by atoms with Gasteiger partial charge >= 0.3 is 6.09 Å². The average molecular weight is 500 g/mol. The van der Waals surface area contributed by atoms with Gasteiger partial charge in [-0.2, -0.15) is 0 Å². The smallest absolute Gasteiger partial charge is 0.414 e. The zero-order chi connectivity index (χ0) is 25.7. The highest BCUT2D eigenvalue weighted by atomic mass is 19.1. The van der Waals surface area contributed by atoms with Crippen LogP contribution in [0.1, 0.15) is 12.5 Å². The molecule has 1 atom stereocenters. The summed E-state index contributed by atoms with van der Waals surface area (Å²) in [5.74, 6) is 0.0969. The van der Waals surface area contributed by atoms with E-state index in [1.165, 1.54) is 17.9 Å². The van der Waals surface area contributed by atoms with Crippen LogP contribution in [0, 0.1) is 5.82 Å². The fourth-order valence-electron chi connectivity index (χ4n) is 4.34. The number of amides is 2. The molecule has 0 radical (unpaired) electrons. The van der Waals surface area contributed by atoms with Crippen LogP contribution in [0.4, 0.5) is 20.6 Å². The normalized spacial score (nSPS) is 18.8. The molecule has 11 heteroatoms.